The molecule has 2 atom stereocenters. The van der Waals surface area contributed by atoms with Crippen LogP contribution in [-0.4, -0.2) is 63.9 Å². The predicted molar refractivity (Wildman–Crippen MR) is 140 cm³/mol. The molecule has 2 heterocycles. The van der Waals surface area contributed by atoms with Gasteiger partial charge in [-0.05, 0) is 73.4 Å². The molecule has 2 saturated heterocycles. The van der Waals surface area contributed by atoms with Gasteiger partial charge >= 0.3 is 12.1 Å². The van der Waals surface area contributed by atoms with Gasteiger partial charge in [-0.1, -0.05) is 0 Å². The van der Waals surface area contributed by atoms with Gasteiger partial charge < -0.3 is 15.0 Å². The molecule has 0 radical (unpaired) electrons. The van der Waals surface area contributed by atoms with Crippen molar-refractivity contribution in [1.82, 2.24) is 10.2 Å². The lowest BCUT2D eigenvalue weighted by atomic mass is 9.97. The number of benzene rings is 2. The van der Waals surface area contributed by atoms with E-state index < -0.39 is 51.5 Å². The molecule has 0 aliphatic carbocycles. The second-order valence-electron chi connectivity index (χ2n) is 9.48. The van der Waals surface area contributed by atoms with Crippen molar-refractivity contribution in [3.63, 3.8) is 0 Å². The van der Waals surface area contributed by atoms with Crippen molar-refractivity contribution < 1.29 is 42.1 Å². The first-order chi connectivity index (χ1) is 19.8. The number of carbonyl (C=O) groups excluding carboxylic acids is 3. The van der Waals surface area contributed by atoms with Crippen LogP contribution in [0, 0.1) is 20.2 Å². The lowest BCUT2D eigenvalue weighted by Gasteiger charge is -2.32. The molecule has 1 N–H and O–H groups in total. The molecule has 0 saturated carbocycles. The number of likely N-dealkylation sites (tertiary alicyclic amines) is 1. The van der Waals surface area contributed by atoms with E-state index in [1.807, 2.05) is 0 Å². The van der Waals surface area contributed by atoms with Gasteiger partial charge in [-0.2, -0.15) is 13.2 Å². The Morgan fingerprint density at radius 1 is 0.952 bits per heavy atom. The number of ether oxygens (including phenoxy) is 1. The minimum atomic E-state index is -5.44. The number of amides is 1. The summed E-state index contributed by atoms with van der Waals surface area (Å²) in [7, 11) is 0. The minimum Gasteiger partial charge on any atom is -0.430 e. The first-order valence-electron chi connectivity index (χ1n) is 12.6. The average Bonchev–Trinajstić information content (AvgIpc) is 3.46. The highest BCUT2D eigenvalue weighted by Crippen LogP contribution is 2.31. The number of nitro benzene ring substituents is 2. The summed E-state index contributed by atoms with van der Waals surface area (Å²) in [6.45, 7) is 0.182. The average molecular weight is 588 g/mol. The molecule has 2 aliphatic heterocycles. The van der Waals surface area contributed by atoms with Crippen LogP contribution in [0.1, 0.15) is 30.4 Å². The van der Waals surface area contributed by atoms with Crippen LogP contribution in [-0.2, 0) is 19.1 Å². The van der Waals surface area contributed by atoms with E-state index in [1.165, 1.54) is 42.5 Å². The number of esters is 1. The maximum absolute atomic E-state index is 13.9. The normalized spacial score (nSPS) is 21.3. The number of nitrogens with zero attached hydrogens (tertiary/aromatic N) is 3. The second kappa shape index (κ2) is 12.3. The Balaban J connectivity index is 1.84. The molecule has 12 nitrogen and oxygen atoms in total. The third kappa shape index (κ3) is 6.86. The highest BCUT2D eigenvalue weighted by molar-refractivity contribution is 6.14. The lowest BCUT2D eigenvalue weighted by molar-refractivity contribution is -0.385. The van der Waals surface area contributed by atoms with Gasteiger partial charge in [-0.25, -0.2) is 4.79 Å². The molecular formula is C27H23F3N4O8. The highest BCUT2D eigenvalue weighted by atomic mass is 19.4. The van der Waals surface area contributed by atoms with Gasteiger partial charge in [0.2, 0.25) is 12.1 Å². The molecule has 1 amide bonds. The number of rotatable bonds is 6. The minimum absolute atomic E-state index is 0.0275. The zero-order valence-corrected chi connectivity index (χ0v) is 21.7. The van der Waals surface area contributed by atoms with Gasteiger partial charge in [-0.15, -0.1) is 0 Å². The van der Waals surface area contributed by atoms with Gasteiger partial charge in [0, 0.05) is 36.4 Å². The molecular weight excluding hydrogens is 565 g/mol. The number of hydrogen-bond acceptors (Lipinski definition) is 9. The lowest BCUT2D eigenvalue weighted by Crippen LogP contribution is -2.51. The zero-order valence-electron chi connectivity index (χ0n) is 21.7. The maximum atomic E-state index is 13.9. The van der Waals surface area contributed by atoms with Gasteiger partial charge in [-0.3, -0.25) is 29.8 Å². The smallest absolute Gasteiger partial charge is 0.430 e. The molecule has 2 fully saturated rings. The van der Waals surface area contributed by atoms with E-state index >= 15 is 0 Å². The summed E-state index contributed by atoms with van der Waals surface area (Å²) in [6, 6.07) is 9.09. The summed E-state index contributed by atoms with van der Waals surface area (Å²) in [6.07, 6.45) is -4.18. The monoisotopic (exact) mass is 588 g/mol. The van der Waals surface area contributed by atoms with E-state index in [-0.39, 0.29) is 35.5 Å². The van der Waals surface area contributed by atoms with Gasteiger partial charge in [0.25, 0.3) is 11.4 Å². The first kappa shape index (κ1) is 30.0. The summed E-state index contributed by atoms with van der Waals surface area (Å²) in [4.78, 5) is 61.1. The molecule has 2 unspecified atom stereocenters. The maximum Gasteiger partial charge on any atom is 0.491 e. The zero-order chi connectivity index (χ0) is 30.6. The quantitative estimate of drug-likeness (QED) is 0.228. The van der Waals surface area contributed by atoms with Crippen LogP contribution < -0.4 is 5.32 Å². The number of alkyl halides is 3. The van der Waals surface area contributed by atoms with Crippen molar-refractivity contribution in [2.45, 2.75) is 37.7 Å². The van der Waals surface area contributed by atoms with Crippen molar-refractivity contribution in [1.29, 1.82) is 0 Å². The molecule has 2 aromatic carbocycles. The van der Waals surface area contributed by atoms with Crippen LogP contribution in [0.15, 0.2) is 59.7 Å². The van der Waals surface area contributed by atoms with E-state index in [2.05, 4.69) is 5.32 Å². The number of hydrogen-bond donors (Lipinski definition) is 1. The van der Waals surface area contributed by atoms with Gasteiger partial charge in [0.1, 0.15) is 0 Å². The predicted octanol–water partition coefficient (Wildman–Crippen LogP) is 3.96. The summed E-state index contributed by atoms with van der Waals surface area (Å²) >= 11 is 0. The number of ketones is 1. The topological polar surface area (TPSA) is 162 Å². The standard InChI is InChI=1S/C27H23F3N4O8/c28-27(29,30)26(37)42-25-21(15-17-5-9-20(10-6-17)34(40)41)23(35)18(14-16-3-7-19(8-4-16)33(38)39)11-13-32(25)24(36)22-2-1-12-31-22/h3-10,14-15,22,25,31H,1-2,11-13H2/b18-14+,21-15+. The molecule has 220 valence electrons. The van der Waals surface area contributed by atoms with Crippen LogP contribution in [0.3, 0.4) is 0 Å². The van der Waals surface area contributed by atoms with Crippen LogP contribution in [0.5, 0.6) is 0 Å². The molecule has 0 spiro atoms. The number of Topliss-reactive ketones (excluding diaryl/α,β-unsaturated/α-hetero) is 1. The van der Waals surface area contributed by atoms with Gasteiger partial charge in [0.15, 0.2) is 5.78 Å². The van der Waals surface area contributed by atoms with E-state index in [0.717, 1.165) is 23.1 Å². The molecule has 2 aromatic rings. The van der Waals surface area contributed by atoms with Crippen LogP contribution in [0.4, 0.5) is 24.5 Å². The Morgan fingerprint density at radius 3 is 1.98 bits per heavy atom. The van der Waals surface area contributed by atoms with Crippen molar-refractivity contribution in [2.75, 3.05) is 13.1 Å². The van der Waals surface area contributed by atoms with Gasteiger partial charge in [0.05, 0.1) is 21.5 Å². The van der Waals surface area contributed by atoms with Crippen molar-refractivity contribution in [2.24, 2.45) is 0 Å². The highest BCUT2D eigenvalue weighted by Gasteiger charge is 2.47. The van der Waals surface area contributed by atoms with E-state index in [1.54, 1.807) is 0 Å². The van der Waals surface area contributed by atoms with Crippen LogP contribution >= 0.6 is 0 Å². The van der Waals surface area contributed by atoms with E-state index in [9.17, 15) is 47.8 Å². The molecule has 15 heteroatoms. The Hall–Kier alpha value is -4.92. The molecule has 4 rings (SSSR count). The number of halogens is 3. The van der Waals surface area contributed by atoms with Crippen molar-refractivity contribution >= 4 is 41.2 Å². The third-order valence-corrected chi connectivity index (χ3v) is 6.69. The third-order valence-electron chi connectivity index (χ3n) is 6.69. The second-order valence-corrected chi connectivity index (χ2v) is 9.48. The number of carbonyl (C=O) groups is 3. The number of non-ortho nitro benzene ring substituents is 2. The number of nitrogens with one attached hydrogen (secondary N) is 1. The largest absolute Gasteiger partial charge is 0.491 e. The van der Waals surface area contributed by atoms with Crippen LogP contribution in [0.25, 0.3) is 12.2 Å². The fourth-order valence-electron chi connectivity index (χ4n) is 4.59. The summed E-state index contributed by atoms with van der Waals surface area (Å²) in [5.74, 6) is -4.14. The Morgan fingerprint density at radius 2 is 1.50 bits per heavy atom. The molecule has 2 aliphatic rings. The van der Waals surface area contributed by atoms with E-state index in [4.69, 9.17) is 4.74 Å². The van der Waals surface area contributed by atoms with E-state index in [0.29, 0.717) is 24.9 Å². The first-order valence-corrected chi connectivity index (χ1v) is 12.6. The van der Waals surface area contributed by atoms with Crippen molar-refractivity contribution in [3.8, 4) is 0 Å². The van der Waals surface area contributed by atoms with Crippen LogP contribution in [0.2, 0.25) is 0 Å². The summed E-state index contributed by atoms with van der Waals surface area (Å²) in [5.41, 5.74) is -0.437. The Bertz CT molecular complexity index is 1460. The number of nitro groups is 2. The summed E-state index contributed by atoms with van der Waals surface area (Å²) in [5, 5.41) is 25.0. The SMILES string of the molecule is O=C1/C(=C\c2ccc([N+](=O)[O-])cc2)C(OC(=O)C(F)(F)F)N(C(=O)C2CCCN2)CC/C1=C\c1ccc([N+](=O)[O-])cc1. The fourth-order valence-corrected chi connectivity index (χ4v) is 4.59. The molecule has 42 heavy (non-hydrogen) atoms. The fraction of sp³-hybridized carbons (Fsp3) is 0.296. The summed E-state index contributed by atoms with van der Waals surface area (Å²) < 4.78 is 44.8. The molecule has 0 bridgehead atoms. The molecule has 0 aromatic heterocycles. The Kier molecular flexibility index (Phi) is 8.80. The Labute approximate surface area is 235 Å². The van der Waals surface area contributed by atoms with Crippen molar-refractivity contribution in [3.05, 3.63) is 91.0 Å².